The fourth-order valence-corrected chi connectivity index (χ4v) is 6.52. The zero-order valence-electron chi connectivity index (χ0n) is 26.4. The number of aliphatic hydroxyl groups is 1. The van der Waals surface area contributed by atoms with E-state index in [-0.39, 0.29) is 16.9 Å². The summed E-state index contributed by atoms with van der Waals surface area (Å²) in [5.41, 5.74) is 9.38. The first kappa shape index (κ1) is 33.6. The molecule has 3 aromatic rings. The number of rotatable bonds is 5. The maximum absolute atomic E-state index is 5.83. The van der Waals surface area contributed by atoms with Gasteiger partial charge in [0.25, 0.3) is 0 Å². The molecule has 0 aliphatic carbocycles. The molecule has 1 heterocycles. The van der Waals surface area contributed by atoms with Gasteiger partial charge in [0.2, 0.25) is 0 Å². The summed E-state index contributed by atoms with van der Waals surface area (Å²) in [6.07, 6.45) is 0.288. The maximum atomic E-state index is 5.83. The smallest absolute Gasteiger partial charge is 0.00918 e. The predicted octanol–water partition coefficient (Wildman–Crippen LogP) is 9.76. The predicted molar refractivity (Wildman–Crippen MR) is 179 cm³/mol. The number of hydrogen-bond donors (Lipinski definition) is 0. The molecule has 0 unspecified atom stereocenters. The molecule has 1 fully saturated rings. The number of benzene rings is 3. The van der Waals surface area contributed by atoms with E-state index in [2.05, 4.69) is 113 Å². The van der Waals surface area contributed by atoms with E-state index in [1.165, 1.54) is 33.6 Å². The third-order valence-corrected chi connectivity index (χ3v) is 8.73. The van der Waals surface area contributed by atoms with Crippen LogP contribution in [0.3, 0.4) is 0 Å². The molecule has 1 aliphatic heterocycles. The summed E-state index contributed by atoms with van der Waals surface area (Å²) < 4.78 is 6.41. The van der Waals surface area contributed by atoms with Crippen LogP contribution < -0.4 is 9.80 Å². The number of hydrogen-bond acceptors (Lipinski definition) is 2. The van der Waals surface area contributed by atoms with Crippen LogP contribution in [-0.4, -0.2) is 28.5 Å². The van der Waals surface area contributed by atoms with E-state index in [9.17, 15) is 0 Å². The Labute approximate surface area is 262 Å². The van der Waals surface area contributed by atoms with Crippen molar-refractivity contribution in [1.82, 2.24) is 0 Å². The molecule has 0 saturated carbocycles. The zero-order chi connectivity index (χ0) is 30.5. The van der Waals surface area contributed by atoms with Crippen LogP contribution in [0.1, 0.15) is 83.2 Å². The van der Waals surface area contributed by atoms with Gasteiger partial charge in [-0.3, -0.25) is 0 Å². The number of nitrogens with zero attached hydrogens (tertiary/aromatic N) is 2. The molecule has 0 atom stereocenters. The molecule has 1 saturated heterocycles. The van der Waals surface area contributed by atoms with Crippen molar-refractivity contribution in [3.05, 3.63) is 95.1 Å². The molecule has 3 aromatic carbocycles. The molecule has 6 heteroatoms. The van der Waals surface area contributed by atoms with E-state index < -0.39 is 13.5 Å². The molecule has 0 aromatic heterocycles. The minimum atomic E-state index is -1.75. The number of halogens is 2. The first-order chi connectivity index (χ1) is 19.0. The Bertz CT molecular complexity index is 1300. The van der Waals surface area contributed by atoms with E-state index in [0.29, 0.717) is 0 Å². The van der Waals surface area contributed by atoms with Crippen molar-refractivity contribution in [2.45, 2.75) is 86.2 Å². The fourth-order valence-electron chi connectivity index (χ4n) is 4.70. The van der Waals surface area contributed by atoms with Crippen molar-refractivity contribution in [2.75, 3.05) is 22.9 Å². The number of aromatic hydroxyl groups is 1. The van der Waals surface area contributed by atoms with E-state index >= 15 is 0 Å². The first-order valence-corrected chi connectivity index (χ1v) is 19.8. The summed E-state index contributed by atoms with van der Waals surface area (Å²) in [5.74, 6) is 0.975. The number of anilines is 2. The molecule has 0 spiro atoms. The van der Waals surface area contributed by atoms with Crippen molar-refractivity contribution >= 4 is 35.4 Å². The summed E-state index contributed by atoms with van der Waals surface area (Å²) in [4.78, 5) is 4.78. The van der Waals surface area contributed by atoms with Gasteiger partial charge in [-0.2, -0.15) is 6.67 Å². The van der Waals surface area contributed by atoms with Crippen LogP contribution in [0.15, 0.2) is 60.7 Å². The van der Waals surface area contributed by atoms with Crippen LogP contribution in [-0.2, 0) is 24.3 Å². The van der Waals surface area contributed by atoms with Gasteiger partial charge in [-0.1, -0.05) is 53.7 Å². The molecule has 0 amide bonds. The van der Waals surface area contributed by atoms with Crippen LogP contribution in [0, 0.1) is 20.5 Å². The summed E-state index contributed by atoms with van der Waals surface area (Å²) in [7, 11) is 11.7. The molecule has 3 nitrogen and oxygen atoms in total. The molecule has 0 bridgehead atoms. The monoisotopic (exact) mass is 684 g/mol. The summed E-state index contributed by atoms with van der Waals surface area (Å²) in [6.45, 7) is 26.6. The van der Waals surface area contributed by atoms with Crippen LogP contribution >= 0.6 is 19.4 Å². The minimum absolute atomic E-state index is 0.142. The van der Waals surface area contributed by atoms with Gasteiger partial charge in [-0.15, -0.1) is 0 Å². The largest absolute Gasteiger partial charge is 0.502 e. The van der Waals surface area contributed by atoms with Gasteiger partial charge in [0, 0.05) is 24.5 Å². The quantitative estimate of drug-likeness (QED) is 0.152. The van der Waals surface area contributed by atoms with Gasteiger partial charge in [-0.05, 0) is 71.2 Å². The van der Waals surface area contributed by atoms with Gasteiger partial charge in [0.15, 0.2) is 0 Å². The van der Waals surface area contributed by atoms with E-state index in [1.807, 2.05) is 42.7 Å². The Balaban J connectivity index is 0.000000278. The van der Waals surface area contributed by atoms with Gasteiger partial charge < -0.3 is 9.80 Å². The van der Waals surface area contributed by atoms with E-state index in [0.717, 1.165) is 24.4 Å². The SMILES string of the molecule is CC(C)[OH+]c1ccccc1[CH]=[Ru]([Cl])[Cl].Cc1cc(C)cc(N2[CH-]N(c3cc(C(C)(C)C)cc(C(C)(C)C)c3)CC2)c1. The Morgan fingerprint density at radius 2 is 1.27 bits per heavy atom. The minimum Gasteiger partial charge on any atom is -0.502 e. The average Bonchev–Trinajstić information content (AvgIpc) is 3.34. The van der Waals surface area contributed by atoms with Gasteiger partial charge in [0.1, 0.15) is 0 Å². The number of aryl methyl sites for hydroxylation is 2. The topological polar surface area (TPSA) is 19.3 Å². The first-order valence-electron chi connectivity index (χ1n) is 14.3. The maximum Gasteiger partial charge on any atom is 0.00918 e. The number of para-hydroxylation sites is 1. The second-order valence-corrected chi connectivity index (χ2v) is 18.9. The van der Waals surface area contributed by atoms with E-state index in [1.54, 1.807) is 0 Å². The van der Waals surface area contributed by atoms with Crippen molar-refractivity contribution in [1.29, 1.82) is 0 Å². The Kier molecular flexibility index (Phi) is 11.5. The molecular weight excluding hydrogens is 636 g/mol. The van der Waals surface area contributed by atoms with Crippen molar-refractivity contribution in [3.8, 4) is 5.75 Å². The van der Waals surface area contributed by atoms with Crippen LogP contribution in [0.2, 0.25) is 0 Å². The van der Waals surface area contributed by atoms with Crippen molar-refractivity contribution in [2.24, 2.45) is 0 Å². The second-order valence-electron chi connectivity index (χ2n) is 13.2. The molecule has 0 radical (unpaired) electrons. The van der Waals surface area contributed by atoms with Crippen LogP contribution in [0.4, 0.5) is 11.4 Å². The molecular formula is C35H48Cl2N2ORu. The van der Waals surface area contributed by atoms with E-state index in [4.69, 9.17) is 19.4 Å². The van der Waals surface area contributed by atoms with Crippen molar-refractivity contribution in [3.63, 3.8) is 0 Å². The summed E-state index contributed by atoms with van der Waals surface area (Å²) in [5, 5.41) is 0. The summed E-state index contributed by atoms with van der Waals surface area (Å²) >= 11 is -1.75. The molecule has 226 valence electrons. The molecule has 1 aliphatic rings. The van der Waals surface area contributed by atoms with Gasteiger partial charge >= 0.3 is 97.8 Å². The Morgan fingerprint density at radius 3 is 1.73 bits per heavy atom. The third-order valence-electron chi connectivity index (χ3n) is 6.90. The normalized spacial score (nSPS) is 14.1. The summed E-state index contributed by atoms with van der Waals surface area (Å²) in [6, 6.07) is 21.8. The Hall–Kier alpha value is -1.87. The molecule has 4 rings (SSSR count). The van der Waals surface area contributed by atoms with Crippen LogP contribution in [0.25, 0.3) is 0 Å². The fraction of sp³-hybridized carbons (Fsp3) is 0.429. The van der Waals surface area contributed by atoms with Gasteiger partial charge in [0.05, 0.1) is 0 Å². The van der Waals surface area contributed by atoms with Crippen LogP contribution in [0.5, 0.6) is 5.75 Å². The second kappa shape index (κ2) is 14.1. The average molecular weight is 685 g/mol. The molecule has 1 N–H and O–H groups in total. The van der Waals surface area contributed by atoms with Gasteiger partial charge in [-0.25, -0.2) is 0 Å². The standard InChI is InChI=1S/C25H35N2.C10H12O.2ClH.Ru/c1-18-11-19(2)13-22(12-18)26-9-10-27(17-26)23-15-20(24(3,4)5)14-21(16-23)25(6,7)8;1-8(2)11-10-7-5-4-6-9(10)3;;;/h11-17H,9-10H2,1-8H3;3-8H,1-2H3;2*1H;/q-1;;;;+2/p-1. The molecule has 41 heavy (non-hydrogen) atoms. The Morgan fingerprint density at radius 1 is 0.780 bits per heavy atom. The third kappa shape index (κ3) is 10.1. The zero-order valence-corrected chi connectivity index (χ0v) is 29.6. The number of ether oxygens (including phenoxy) is 1. The van der Waals surface area contributed by atoms with Crippen molar-refractivity contribution < 1.29 is 18.3 Å².